The molecule has 0 bridgehead atoms. The number of benzene rings is 1. The summed E-state index contributed by atoms with van der Waals surface area (Å²) in [5.74, 6) is -0.226. The third-order valence-corrected chi connectivity index (χ3v) is 12.5. The van der Waals surface area contributed by atoms with Gasteiger partial charge in [-0.05, 0) is 82.2 Å². The van der Waals surface area contributed by atoms with Gasteiger partial charge in [0, 0.05) is 85.0 Å². The van der Waals surface area contributed by atoms with E-state index in [-0.39, 0.29) is 17.9 Å². The van der Waals surface area contributed by atoms with Crippen molar-refractivity contribution in [3.63, 3.8) is 0 Å². The molecular weight excluding hydrogens is 680 g/mol. The fourth-order valence-corrected chi connectivity index (χ4v) is 9.50. The lowest BCUT2D eigenvalue weighted by Gasteiger charge is -2.42. The molecule has 0 spiro atoms. The average molecular weight is 723 g/mol. The van der Waals surface area contributed by atoms with Crippen LogP contribution in [0.2, 0.25) is 0 Å². The number of carbonyl (C=O) groups excluding carboxylic acids is 2. The number of aromatic nitrogens is 4. The molecule has 3 aromatic heterocycles. The van der Waals surface area contributed by atoms with E-state index in [0.29, 0.717) is 28.2 Å². The molecule has 2 N–H and O–H groups in total. The summed E-state index contributed by atoms with van der Waals surface area (Å²) in [7, 11) is 0. The van der Waals surface area contributed by atoms with Crippen molar-refractivity contribution in [2.75, 3.05) is 36.4 Å². The lowest BCUT2D eigenvalue weighted by atomic mass is 9.87. The van der Waals surface area contributed by atoms with E-state index >= 15 is 0 Å². The summed E-state index contributed by atoms with van der Waals surface area (Å²) >= 11 is 8.64. The Labute approximate surface area is 307 Å². The van der Waals surface area contributed by atoms with E-state index in [1.54, 1.807) is 6.20 Å². The first-order chi connectivity index (χ1) is 24.8. The molecule has 1 atom stereocenters. The number of hydrogen-bond acceptors (Lipinski definition) is 8. The molecule has 4 heterocycles. The Balaban J connectivity index is 0.955. The number of pyridine rings is 1. The molecule has 1 saturated heterocycles. The molecule has 4 aliphatic rings. The molecule has 1 aromatic carbocycles. The maximum Gasteiger partial charge on any atom is 0.251 e. The summed E-state index contributed by atoms with van der Waals surface area (Å²) in [6, 6.07) is 15.3. The Morgan fingerprint density at radius 1 is 1.00 bits per heavy atom. The van der Waals surface area contributed by atoms with Crippen molar-refractivity contribution < 1.29 is 9.59 Å². The highest BCUT2D eigenvalue weighted by Crippen LogP contribution is 2.48. The Morgan fingerprint density at radius 3 is 2.49 bits per heavy atom. The number of halogens is 1. The number of carbonyl (C=O) groups is 2. The minimum absolute atomic E-state index is 0.0710. The van der Waals surface area contributed by atoms with Crippen LogP contribution in [0.15, 0.2) is 77.6 Å². The normalized spacial score (nSPS) is 23.5. The fourth-order valence-electron chi connectivity index (χ4n) is 8.11. The number of anilines is 2. The quantitative estimate of drug-likeness (QED) is 0.223. The van der Waals surface area contributed by atoms with Crippen LogP contribution in [0.1, 0.15) is 57.2 Å². The summed E-state index contributed by atoms with van der Waals surface area (Å²) in [6.45, 7) is 7.82. The molecule has 8 rings (SSSR count). The van der Waals surface area contributed by atoms with Gasteiger partial charge in [-0.25, -0.2) is 4.98 Å². The van der Waals surface area contributed by atoms with E-state index in [9.17, 15) is 9.59 Å². The smallest absolute Gasteiger partial charge is 0.251 e. The number of aryl methyl sites for hydroxylation is 1. The maximum atomic E-state index is 13.6. The van der Waals surface area contributed by atoms with Crippen LogP contribution in [0.5, 0.6) is 0 Å². The van der Waals surface area contributed by atoms with Crippen LogP contribution in [0.25, 0.3) is 21.8 Å². The van der Waals surface area contributed by atoms with E-state index in [4.69, 9.17) is 21.7 Å². The molecule has 2 fully saturated rings. The molecule has 12 heteroatoms. The second-order valence-electron chi connectivity index (χ2n) is 14.3. The molecule has 3 aliphatic carbocycles. The summed E-state index contributed by atoms with van der Waals surface area (Å²) in [4.78, 5) is 40.7. The van der Waals surface area contributed by atoms with Gasteiger partial charge < -0.3 is 15.5 Å². The summed E-state index contributed by atoms with van der Waals surface area (Å²) in [6.07, 6.45) is 13.5. The lowest BCUT2D eigenvalue weighted by molar-refractivity contribution is -0.118. The monoisotopic (exact) mass is 722 g/mol. The first-order valence-electron chi connectivity index (χ1n) is 18.0. The van der Waals surface area contributed by atoms with Crippen LogP contribution >= 0.6 is 22.9 Å². The number of amides is 2. The van der Waals surface area contributed by atoms with Crippen LogP contribution < -0.4 is 15.5 Å². The van der Waals surface area contributed by atoms with Crippen molar-refractivity contribution in [3.05, 3.63) is 88.9 Å². The van der Waals surface area contributed by atoms with Gasteiger partial charge in [0.15, 0.2) is 5.13 Å². The van der Waals surface area contributed by atoms with Gasteiger partial charge in [0.2, 0.25) is 5.91 Å². The zero-order valence-corrected chi connectivity index (χ0v) is 30.6. The van der Waals surface area contributed by atoms with Crippen molar-refractivity contribution >= 4 is 45.6 Å². The molecule has 1 aliphatic heterocycles. The molecule has 1 saturated carbocycles. The van der Waals surface area contributed by atoms with Gasteiger partial charge in [0.25, 0.3) is 5.91 Å². The van der Waals surface area contributed by atoms with Gasteiger partial charge in [-0.3, -0.25) is 24.2 Å². The van der Waals surface area contributed by atoms with Crippen LogP contribution in [0.4, 0.5) is 10.8 Å². The van der Waals surface area contributed by atoms with Gasteiger partial charge in [-0.2, -0.15) is 5.10 Å². The number of nitrogens with one attached hydrogen (secondary N) is 2. The van der Waals surface area contributed by atoms with Gasteiger partial charge >= 0.3 is 0 Å². The highest BCUT2D eigenvalue weighted by molar-refractivity contribution is 7.19. The van der Waals surface area contributed by atoms with Gasteiger partial charge in [-0.15, -0.1) is 0 Å². The Hall–Kier alpha value is -4.32. The number of hydrogen-bond donors (Lipinski definition) is 2. The van der Waals surface area contributed by atoms with Crippen LogP contribution in [-0.2, 0) is 28.0 Å². The molecule has 4 aromatic rings. The van der Waals surface area contributed by atoms with Crippen molar-refractivity contribution in [2.45, 2.75) is 76.4 Å². The van der Waals surface area contributed by atoms with Crippen LogP contribution in [0.3, 0.4) is 0 Å². The summed E-state index contributed by atoms with van der Waals surface area (Å²) in [5, 5.41) is 12.5. The number of fused-ring (bicyclic) bond motifs is 3. The Kier molecular flexibility index (Phi) is 9.29. The fraction of sp³-hybridized carbons (Fsp3) is 0.410. The van der Waals surface area contributed by atoms with Crippen molar-refractivity contribution in [3.8, 4) is 21.8 Å². The number of nitrogens with zero attached hydrogens (tertiary/aromatic N) is 6. The van der Waals surface area contributed by atoms with E-state index in [2.05, 4.69) is 62.7 Å². The largest absolute Gasteiger partial charge is 0.369 e. The average Bonchev–Trinajstić information content (AvgIpc) is 3.75. The summed E-state index contributed by atoms with van der Waals surface area (Å²) in [5.41, 5.74) is 5.97. The number of para-hydroxylation sites is 1. The van der Waals surface area contributed by atoms with Crippen molar-refractivity contribution in [1.82, 2.24) is 30.0 Å². The maximum absolute atomic E-state index is 13.6. The van der Waals surface area contributed by atoms with Gasteiger partial charge in [0.05, 0.1) is 27.5 Å². The molecule has 51 heavy (non-hydrogen) atoms. The van der Waals surface area contributed by atoms with Gasteiger partial charge in [-0.1, -0.05) is 47.2 Å². The first-order valence-corrected chi connectivity index (χ1v) is 19.2. The standard InChI is InChI=1S/C39H43ClN8O2S/c1-25(49)42-38-44-32-15-14-31-34(27-7-6-18-41-24-27)45-48(35(31)36(32)51-38)39(2)17-16-26(23-33(39)40)37(50)43-28-10-12-30(13-11-28)47-21-19-46(20-22-47)29-8-4-3-5-9-29/h3-9,16,18,23-24,28,30H,10-15,17,19-22H2,1-2H3,(H,43,50)(H,42,44,49). The Morgan fingerprint density at radius 2 is 1.78 bits per heavy atom. The topological polar surface area (TPSA) is 108 Å². The van der Waals surface area contributed by atoms with Crippen LogP contribution in [-0.4, -0.2) is 74.7 Å². The molecular formula is C39H43ClN8O2S. The van der Waals surface area contributed by atoms with E-state index in [0.717, 1.165) is 97.8 Å². The van der Waals surface area contributed by atoms with Crippen molar-refractivity contribution in [2.24, 2.45) is 0 Å². The zero-order valence-electron chi connectivity index (χ0n) is 29.1. The lowest BCUT2D eigenvalue weighted by Crippen LogP contribution is -2.52. The predicted molar refractivity (Wildman–Crippen MR) is 203 cm³/mol. The molecule has 1 unspecified atom stereocenters. The highest BCUT2D eigenvalue weighted by atomic mass is 35.5. The van der Waals surface area contributed by atoms with Crippen LogP contribution in [0, 0.1) is 0 Å². The minimum Gasteiger partial charge on any atom is -0.369 e. The highest BCUT2D eigenvalue weighted by Gasteiger charge is 2.40. The predicted octanol–water partition coefficient (Wildman–Crippen LogP) is 6.54. The number of rotatable bonds is 7. The van der Waals surface area contributed by atoms with Gasteiger partial charge in [0.1, 0.15) is 0 Å². The second-order valence-corrected chi connectivity index (χ2v) is 15.7. The molecule has 264 valence electrons. The first kappa shape index (κ1) is 33.8. The number of thiazole rings is 1. The number of allylic oxidation sites excluding steroid dienone is 2. The Bertz CT molecular complexity index is 1990. The van der Waals surface area contributed by atoms with Crippen molar-refractivity contribution in [1.29, 1.82) is 0 Å². The molecule has 10 nitrogen and oxygen atoms in total. The minimum atomic E-state index is -0.731. The summed E-state index contributed by atoms with van der Waals surface area (Å²) < 4.78 is 2.02. The zero-order chi connectivity index (χ0) is 35.1. The van der Waals surface area contributed by atoms with E-state index < -0.39 is 5.54 Å². The van der Waals surface area contributed by atoms with E-state index in [1.165, 1.54) is 23.9 Å². The second kappa shape index (κ2) is 14.0. The number of piperazine rings is 1. The van der Waals surface area contributed by atoms with E-state index in [1.807, 2.05) is 35.2 Å². The molecule has 0 radical (unpaired) electrons. The third kappa shape index (κ3) is 6.63. The molecule has 2 amide bonds. The SMILES string of the molecule is CC(=O)Nc1nc2c(s1)-c1c(c(-c3cccnc3)nn1C1(C)CC=C(C(=O)NC3CCC(N4CCN(c5ccccc5)CC4)CC3)C=C1Cl)CC2. The third-order valence-electron chi connectivity index (χ3n) is 11.0.